The molecule has 0 spiro atoms. The standard InChI is InChI=1S/C8H13NO2/c1-5-6-3-2-4-7(6)11-8(10)9-5/h5-7H,2-4H2,1H3,(H,9,10)/t5-,6+,7+/m0/s1. The van der Waals surface area contributed by atoms with Crippen molar-refractivity contribution in [3.05, 3.63) is 0 Å². The van der Waals surface area contributed by atoms with Gasteiger partial charge in [-0.1, -0.05) is 0 Å². The van der Waals surface area contributed by atoms with Crippen molar-refractivity contribution in [1.29, 1.82) is 0 Å². The first-order chi connectivity index (χ1) is 5.27. The molecular weight excluding hydrogens is 142 g/mol. The summed E-state index contributed by atoms with van der Waals surface area (Å²) < 4.78 is 5.13. The average molecular weight is 155 g/mol. The number of hydrogen-bond acceptors (Lipinski definition) is 2. The van der Waals surface area contributed by atoms with Gasteiger partial charge in [0.1, 0.15) is 6.10 Å². The summed E-state index contributed by atoms with van der Waals surface area (Å²) in [6, 6.07) is 0.309. The molecule has 0 radical (unpaired) electrons. The lowest BCUT2D eigenvalue weighted by atomic mass is 9.96. The molecule has 3 atom stereocenters. The Balaban J connectivity index is 2.10. The summed E-state index contributed by atoms with van der Waals surface area (Å²) in [4.78, 5) is 10.9. The highest BCUT2D eigenvalue weighted by Crippen LogP contribution is 2.33. The zero-order chi connectivity index (χ0) is 7.84. The minimum Gasteiger partial charge on any atom is -0.446 e. The van der Waals surface area contributed by atoms with Crippen molar-refractivity contribution in [2.75, 3.05) is 0 Å². The maximum atomic E-state index is 10.9. The van der Waals surface area contributed by atoms with Crippen LogP contribution in [0.4, 0.5) is 4.79 Å². The molecule has 2 fully saturated rings. The van der Waals surface area contributed by atoms with E-state index < -0.39 is 0 Å². The molecule has 1 saturated heterocycles. The molecule has 0 bridgehead atoms. The predicted octanol–water partition coefficient (Wildman–Crippen LogP) is 1.28. The Hall–Kier alpha value is -0.730. The highest BCUT2D eigenvalue weighted by Gasteiger charge is 2.38. The largest absolute Gasteiger partial charge is 0.446 e. The number of hydrogen-bond donors (Lipinski definition) is 1. The Morgan fingerprint density at radius 1 is 1.55 bits per heavy atom. The van der Waals surface area contributed by atoms with E-state index in [0.717, 1.165) is 6.42 Å². The Bertz CT molecular complexity index is 181. The minimum absolute atomic E-state index is 0.207. The molecular formula is C8H13NO2. The lowest BCUT2D eigenvalue weighted by molar-refractivity contribution is 0.0356. The molecule has 3 nitrogen and oxygen atoms in total. The van der Waals surface area contributed by atoms with Gasteiger partial charge in [0.05, 0.1) is 0 Å². The van der Waals surface area contributed by atoms with Crippen LogP contribution in [0.15, 0.2) is 0 Å². The molecule has 11 heavy (non-hydrogen) atoms. The summed E-state index contributed by atoms with van der Waals surface area (Å²) in [5.74, 6) is 0.563. The highest BCUT2D eigenvalue weighted by atomic mass is 16.6. The van der Waals surface area contributed by atoms with E-state index in [9.17, 15) is 4.79 Å². The minimum atomic E-state index is -0.236. The highest BCUT2D eigenvalue weighted by molar-refractivity contribution is 5.68. The van der Waals surface area contributed by atoms with E-state index in [-0.39, 0.29) is 12.2 Å². The molecule has 62 valence electrons. The maximum Gasteiger partial charge on any atom is 0.407 e. The van der Waals surface area contributed by atoms with Crippen LogP contribution in [0.2, 0.25) is 0 Å². The van der Waals surface area contributed by atoms with Crippen molar-refractivity contribution in [3.63, 3.8) is 0 Å². The summed E-state index contributed by atoms with van der Waals surface area (Å²) in [5.41, 5.74) is 0. The van der Waals surface area contributed by atoms with Crippen LogP contribution >= 0.6 is 0 Å². The van der Waals surface area contributed by atoms with Crippen LogP contribution in [0, 0.1) is 5.92 Å². The Labute approximate surface area is 66.1 Å². The van der Waals surface area contributed by atoms with E-state index in [2.05, 4.69) is 12.2 Å². The van der Waals surface area contributed by atoms with Crippen LogP contribution in [0.5, 0.6) is 0 Å². The number of amides is 1. The lowest BCUT2D eigenvalue weighted by Crippen LogP contribution is -2.48. The molecule has 1 saturated carbocycles. The molecule has 1 aliphatic carbocycles. The number of fused-ring (bicyclic) bond motifs is 1. The van der Waals surface area contributed by atoms with Gasteiger partial charge in [-0.05, 0) is 26.2 Å². The topological polar surface area (TPSA) is 38.3 Å². The quantitative estimate of drug-likeness (QED) is 0.572. The first-order valence-electron chi connectivity index (χ1n) is 4.24. The molecule has 0 unspecified atom stereocenters. The van der Waals surface area contributed by atoms with Crippen molar-refractivity contribution in [1.82, 2.24) is 5.32 Å². The van der Waals surface area contributed by atoms with E-state index in [1.165, 1.54) is 12.8 Å². The molecule has 0 aromatic heterocycles. The van der Waals surface area contributed by atoms with Crippen LogP contribution < -0.4 is 5.32 Å². The lowest BCUT2D eigenvalue weighted by Gasteiger charge is -2.31. The molecule has 1 aliphatic heterocycles. The van der Waals surface area contributed by atoms with Gasteiger partial charge in [-0.15, -0.1) is 0 Å². The molecule has 1 N–H and O–H groups in total. The Kier molecular flexibility index (Phi) is 1.51. The van der Waals surface area contributed by atoms with Gasteiger partial charge in [0.2, 0.25) is 0 Å². The third-order valence-electron chi connectivity index (χ3n) is 2.75. The van der Waals surface area contributed by atoms with Gasteiger partial charge >= 0.3 is 6.09 Å². The van der Waals surface area contributed by atoms with Gasteiger partial charge in [0.25, 0.3) is 0 Å². The molecule has 3 heteroatoms. The molecule has 2 aliphatic rings. The summed E-state index contributed by atoms with van der Waals surface area (Å²) in [6.45, 7) is 2.06. The third kappa shape index (κ3) is 1.08. The number of carbonyl (C=O) groups excluding carboxylic acids is 1. The summed E-state index contributed by atoms with van der Waals surface area (Å²) in [5, 5.41) is 2.79. The zero-order valence-corrected chi connectivity index (χ0v) is 6.67. The zero-order valence-electron chi connectivity index (χ0n) is 6.67. The number of carbonyl (C=O) groups is 1. The Morgan fingerprint density at radius 3 is 3.18 bits per heavy atom. The fraction of sp³-hybridized carbons (Fsp3) is 0.875. The molecule has 0 aromatic rings. The van der Waals surface area contributed by atoms with E-state index in [1.807, 2.05) is 0 Å². The number of alkyl carbamates (subject to hydrolysis) is 1. The maximum absolute atomic E-state index is 10.9. The molecule has 2 rings (SSSR count). The second-order valence-electron chi connectivity index (χ2n) is 3.47. The number of rotatable bonds is 0. The van der Waals surface area contributed by atoms with E-state index >= 15 is 0 Å². The van der Waals surface area contributed by atoms with Crippen molar-refractivity contribution < 1.29 is 9.53 Å². The van der Waals surface area contributed by atoms with Crippen LogP contribution in [0.25, 0.3) is 0 Å². The fourth-order valence-corrected chi connectivity index (χ4v) is 2.14. The van der Waals surface area contributed by atoms with E-state index in [4.69, 9.17) is 4.74 Å². The van der Waals surface area contributed by atoms with Crippen molar-refractivity contribution >= 4 is 6.09 Å². The summed E-state index contributed by atoms with van der Waals surface area (Å²) >= 11 is 0. The second kappa shape index (κ2) is 2.40. The van der Waals surface area contributed by atoms with Crippen molar-refractivity contribution in [2.45, 2.75) is 38.3 Å². The van der Waals surface area contributed by atoms with Crippen molar-refractivity contribution in [3.8, 4) is 0 Å². The van der Waals surface area contributed by atoms with Gasteiger partial charge in [0.15, 0.2) is 0 Å². The third-order valence-corrected chi connectivity index (χ3v) is 2.75. The molecule has 0 aromatic carbocycles. The van der Waals surface area contributed by atoms with Crippen LogP contribution in [-0.2, 0) is 4.74 Å². The summed E-state index contributed by atoms with van der Waals surface area (Å²) in [7, 11) is 0. The van der Waals surface area contributed by atoms with Gasteiger partial charge in [0, 0.05) is 12.0 Å². The smallest absolute Gasteiger partial charge is 0.407 e. The number of nitrogens with one attached hydrogen (secondary N) is 1. The van der Waals surface area contributed by atoms with E-state index in [1.54, 1.807) is 0 Å². The number of ether oxygens (including phenoxy) is 1. The fourth-order valence-electron chi connectivity index (χ4n) is 2.14. The average Bonchev–Trinajstić information content (AvgIpc) is 2.34. The van der Waals surface area contributed by atoms with Gasteiger partial charge < -0.3 is 10.1 Å². The summed E-state index contributed by atoms with van der Waals surface area (Å²) in [6.07, 6.45) is 3.43. The van der Waals surface area contributed by atoms with Crippen LogP contribution in [0.1, 0.15) is 26.2 Å². The first-order valence-corrected chi connectivity index (χ1v) is 4.24. The SMILES string of the molecule is C[C@@H]1NC(=O)O[C@@H]2CCC[C@H]12. The van der Waals surface area contributed by atoms with Gasteiger partial charge in [-0.25, -0.2) is 4.79 Å². The first kappa shape index (κ1) is 6.95. The molecule has 1 amide bonds. The van der Waals surface area contributed by atoms with E-state index in [0.29, 0.717) is 12.0 Å². The second-order valence-corrected chi connectivity index (χ2v) is 3.47. The molecule has 1 heterocycles. The van der Waals surface area contributed by atoms with Gasteiger partial charge in [-0.3, -0.25) is 0 Å². The predicted molar refractivity (Wildman–Crippen MR) is 40.2 cm³/mol. The monoisotopic (exact) mass is 155 g/mol. The Morgan fingerprint density at radius 2 is 2.36 bits per heavy atom. The van der Waals surface area contributed by atoms with Crippen molar-refractivity contribution in [2.24, 2.45) is 5.92 Å². The normalized spacial score (nSPS) is 42.6. The van der Waals surface area contributed by atoms with Crippen LogP contribution in [-0.4, -0.2) is 18.2 Å². The van der Waals surface area contributed by atoms with Gasteiger partial charge in [-0.2, -0.15) is 0 Å². The van der Waals surface area contributed by atoms with Crippen LogP contribution in [0.3, 0.4) is 0 Å².